The number of benzene rings is 2. The first-order chi connectivity index (χ1) is 15.8. The summed E-state index contributed by atoms with van der Waals surface area (Å²) < 4.78 is 32.6. The van der Waals surface area contributed by atoms with Gasteiger partial charge in [-0.15, -0.1) is 0 Å². The van der Waals surface area contributed by atoms with Crippen LogP contribution in [-0.2, 0) is 19.6 Å². The van der Waals surface area contributed by atoms with Crippen LogP contribution in [0, 0.1) is 0 Å². The van der Waals surface area contributed by atoms with Gasteiger partial charge in [-0.1, -0.05) is 0 Å². The highest BCUT2D eigenvalue weighted by molar-refractivity contribution is 7.89. The maximum absolute atomic E-state index is 12.9. The Morgan fingerprint density at radius 3 is 2.00 bits per heavy atom. The van der Waals surface area contributed by atoms with Crippen LogP contribution in [0.15, 0.2) is 53.4 Å². The Bertz CT molecular complexity index is 1140. The van der Waals surface area contributed by atoms with E-state index in [0.29, 0.717) is 23.6 Å². The molecule has 0 N–H and O–H groups in total. The van der Waals surface area contributed by atoms with Crippen LogP contribution in [0.1, 0.15) is 30.1 Å². The Kier molecular flexibility index (Phi) is 6.48. The minimum absolute atomic E-state index is 0.187. The number of sulfonamides is 1. The maximum atomic E-state index is 12.9. The predicted molar refractivity (Wildman–Crippen MR) is 120 cm³/mol. The zero-order valence-corrected chi connectivity index (χ0v) is 19.1. The van der Waals surface area contributed by atoms with Crippen LogP contribution in [0.4, 0.5) is 5.69 Å². The molecule has 0 unspecified atom stereocenters. The monoisotopic (exact) mass is 471 g/mol. The molecular formula is C23H25N3O6S. The predicted octanol–water partition coefficient (Wildman–Crippen LogP) is 1.89. The molecule has 0 saturated carbocycles. The molecule has 0 spiro atoms. The third-order valence-corrected chi connectivity index (χ3v) is 7.64. The van der Waals surface area contributed by atoms with Crippen molar-refractivity contribution in [3.63, 3.8) is 0 Å². The summed E-state index contributed by atoms with van der Waals surface area (Å²) in [6.45, 7) is 3.26. The van der Waals surface area contributed by atoms with E-state index in [1.54, 1.807) is 41.3 Å². The lowest BCUT2D eigenvalue weighted by Crippen LogP contribution is -2.50. The van der Waals surface area contributed by atoms with Crippen LogP contribution in [0.3, 0.4) is 0 Å². The van der Waals surface area contributed by atoms with Gasteiger partial charge in [-0.2, -0.15) is 4.31 Å². The fourth-order valence-corrected chi connectivity index (χ4v) is 5.38. The summed E-state index contributed by atoms with van der Waals surface area (Å²) in [6, 6.07) is 12.6. The molecule has 9 nitrogen and oxygen atoms in total. The molecule has 0 aliphatic carbocycles. The molecule has 2 aromatic rings. The van der Waals surface area contributed by atoms with Crippen molar-refractivity contribution >= 4 is 33.4 Å². The summed E-state index contributed by atoms with van der Waals surface area (Å²) in [5.74, 6) is -0.108. The molecule has 0 bridgehead atoms. The first-order valence-corrected chi connectivity index (χ1v) is 12.2. The third-order valence-electron chi connectivity index (χ3n) is 5.72. The van der Waals surface area contributed by atoms with Gasteiger partial charge in [0.2, 0.25) is 21.8 Å². The molecular weight excluding hydrogens is 446 g/mol. The summed E-state index contributed by atoms with van der Waals surface area (Å²) in [6.07, 6.45) is 0.396. The number of hydrogen-bond donors (Lipinski definition) is 0. The van der Waals surface area contributed by atoms with Gasteiger partial charge in [0.25, 0.3) is 5.91 Å². The van der Waals surface area contributed by atoms with Gasteiger partial charge in [-0.3, -0.25) is 19.3 Å². The van der Waals surface area contributed by atoms with Gasteiger partial charge in [0.05, 0.1) is 17.2 Å². The van der Waals surface area contributed by atoms with E-state index in [2.05, 4.69) is 0 Å². The fourth-order valence-electron chi connectivity index (χ4n) is 3.96. The van der Waals surface area contributed by atoms with Crippen LogP contribution in [0.25, 0.3) is 0 Å². The van der Waals surface area contributed by atoms with Crippen LogP contribution < -0.4 is 9.64 Å². The second-order valence-electron chi connectivity index (χ2n) is 7.77. The number of hydrogen-bond acceptors (Lipinski definition) is 6. The van der Waals surface area contributed by atoms with E-state index in [4.69, 9.17) is 4.74 Å². The summed E-state index contributed by atoms with van der Waals surface area (Å²) in [7, 11) is -3.66. The average Bonchev–Trinajstić information content (AvgIpc) is 3.17. The molecule has 33 heavy (non-hydrogen) atoms. The Labute approximate surface area is 192 Å². The number of ether oxygens (including phenoxy) is 1. The maximum Gasteiger partial charge on any atom is 0.253 e. The Morgan fingerprint density at radius 1 is 0.879 bits per heavy atom. The van der Waals surface area contributed by atoms with E-state index < -0.39 is 10.0 Å². The van der Waals surface area contributed by atoms with E-state index in [1.165, 1.54) is 16.4 Å². The summed E-state index contributed by atoms with van der Waals surface area (Å²) >= 11 is 0. The summed E-state index contributed by atoms with van der Waals surface area (Å²) in [5, 5.41) is 0. The van der Waals surface area contributed by atoms with Gasteiger partial charge in [-0.05, 0) is 55.5 Å². The quantitative estimate of drug-likeness (QED) is 0.596. The lowest BCUT2D eigenvalue weighted by atomic mass is 10.1. The van der Waals surface area contributed by atoms with Crippen molar-refractivity contribution in [2.24, 2.45) is 0 Å². The number of anilines is 1. The minimum Gasteiger partial charge on any atom is -0.494 e. The molecule has 2 heterocycles. The highest BCUT2D eigenvalue weighted by Gasteiger charge is 2.32. The van der Waals surface area contributed by atoms with Gasteiger partial charge in [0.1, 0.15) is 5.75 Å². The first-order valence-electron chi connectivity index (χ1n) is 10.8. The molecule has 0 aromatic heterocycles. The van der Waals surface area contributed by atoms with Crippen molar-refractivity contribution in [2.45, 2.75) is 24.7 Å². The number of piperazine rings is 1. The van der Waals surface area contributed by atoms with E-state index in [1.807, 2.05) is 6.92 Å². The smallest absolute Gasteiger partial charge is 0.253 e. The van der Waals surface area contributed by atoms with Crippen LogP contribution in [0.2, 0.25) is 0 Å². The van der Waals surface area contributed by atoms with Gasteiger partial charge >= 0.3 is 0 Å². The highest BCUT2D eigenvalue weighted by Crippen LogP contribution is 2.24. The van der Waals surface area contributed by atoms with Crippen molar-refractivity contribution < 1.29 is 27.5 Å². The normalized spacial score (nSPS) is 17.5. The van der Waals surface area contributed by atoms with Crippen molar-refractivity contribution in [1.82, 2.24) is 9.21 Å². The lowest BCUT2D eigenvalue weighted by Gasteiger charge is -2.34. The highest BCUT2D eigenvalue weighted by atomic mass is 32.2. The van der Waals surface area contributed by atoms with E-state index in [0.717, 1.165) is 4.90 Å². The standard InChI is InChI=1S/C23H25N3O6S/c1-2-32-19-7-9-20(10-8-19)33(30,31)25-15-13-24(14-16-25)23(29)17-3-5-18(6-4-17)26-21(27)11-12-22(26)28/h3-10H,2,11-16H2,1H3. The molecule has 4 rings (SSSR count). The molecule has 0 atom stereocenters. The third kappa shape index (κ3) is 4.62. The molecule has 2 saturated heterocycles. The van der Waals surface area contributed by atoms with Crippen molar-refractivity contribution in [3.8, 4) is 5.75 Å². The second-order valence-corrected chi connectivity index (χ2v) is 9.71. The summed E-state index contributed by atoms with van der Waals surface area (Å²) in [5.41, 5.74) is 0.867. The molecule has 3 amide bonds. The minimum atomic E-state index is -3.66. The van der Waals surface area contributed by atoms with Crippen molar-refractivity contribution in [1.29, 1.82) is 0 Å². The molecule has 2 fully saturated rings. The topological polar surface area (TPSA) is 104 Å². The van der Waals surface area contributed by atoms with Crippen molar-refractivity contribution in [3.05, 3.63) is 54.1 Å². The average molecular weight is 472 g/mol. The SMILES string of the molecule is CCOc1ccc(S(=O)(=O)N2CCN(C(=O)c3ccc(N4C(=O)CCC4=O)cc3)CC2)cc1. The summed E-state index contributed by atoms with van der Waals surface area (Å²) in [4.78, 5) is 39.6. The van der Waals surface area contributed by atoms with Gasteiger partial charge in [-0.25, -0.2) is 8.42 Å². The number of amides is 3. The zero-order valence-electron chi connectivity index (χ0n) is 18.3. The number of nitrogens with zero attached hydrogens (tertiary/aromatic N) is 3. The Balaban J connectivity index is 1.38. The molecule has 174 valence electrons. The fraction of sp³-hybridized carbons (Fsp3) is 0.348. The zero-order chi connectivity index (χ0) is 23.6. The van der Waals surface area contributed by atoms with Crippen LogP contribution in [0.5, 0.6) is 5.75 Å². The van der Waals surface area contributed by atoms with Crippen LogP contribution >= 0.6 is 0 Å². The molecule has 2 aliphatic rings. The number of rotatable bonds is 6. The van der Waals surface area contributed by atoms with E-state index in [-0.39, 0.29) is 61.6 Å². The molecule has 10 heteroatoms. The van der Waals surface area contributed by atoms with Gasteiger partial charge in [0, 0.05) is 44.6 Å². The molecule has 2 aliphatic heterocycles. The molecule has 0 radical (unpaired) electrons. The Morgan fingerprint density at radius 2 is 1.45 bits per heavy atom. The molecule has 2 aromatic carbocycles. The number of carbonyl (C=O) groups excluding carboxylic acids is 3. The van der Waals surface area contributed by atoms with E-state index in [9.17, 15) is 22.8 Å². The largest absolute Gasteiger partial charge is 0.494 e. The lowest BCUT2D eigenvalue weighted by molar-refractivity contribution is -0.121. The number of imide groups is 1. The second kappa shape index (κ2) is 9.32. The van der Waals surface area contributed by atoms with Gasteiger partial charge < -0.3 is 9.64 Å². The van der Waals surface area contributed by atoms with Crippen LogP contribution in [-0.4, -0.2) is 68.1 Å². The van der Waals surface area contributed by atoms with Crippen molar-refractivity contribution in [2.75, 3.05) is 37.7 Å². The van der Waals surface area contributed by atoms with Gasteiger partial charge in [0.15, 0.2) is 0 Å². The first kappa shape index (κ1) is 22.9. The Hall–Kier alpha value is -3.24. The van der Waals surface area contributed by atoms with E-state index >= 15 is 0 Å². The number of carbonyl (C=O) groups is 3.